The lowest BCUT2D eigenvalue weighted by Gasteiger charge is -2.32. The van der Waals surface area contributed by atoms with Crippen LogP contribution in [0.5, 0.6) is 0 Å². The fourth-order valence-corrected chi connectivity index (χ4v) is 5.20. The summed E-state index contributed by atoms with van der Waals surface area (Å²) in [5, 5.41) is 3.74. The molecule has 3 heterocycles. The van der Waals surface area contributed by atoms with E-state index in [-0.39, 0.29) is 11.8 Å². The van der Waals surface area contributed by atoms with Crippen molar-refractivity contribution in [3.63, 3.8) is 0 Å². The average Bonchev–Trinajstić information content (AvgIpc) is 3.44. The second-order valence-electron chi connectivity index (χ2n) is 9.88. The van der Waals surface area contributed by atoms with Gasteiger partial charge in [-0.2, -0.15) is 0 Å². The number of likely N-dealkylation sites (tertiary alicyclic amines) is 1. The van der Waals surface area contributed by atoms with Crippen molar-refractivity contribution in [2.45, 2.75) is 32.6 Å². The molecule has 8 heteroatoms. The van der Waals surface area contributed by atoms with Crippen LogP contribution in [0.2, 0.25) is 0 Å². The molecule has 2 aromatic heterocycles. The molecule has 38 heavy (non-hydrogen) atoms. The zero-order valence-electron chi connectivity index (χ0n) is 21.8. The topological polar surface area (TPSA) is 94.2 Å². The predicted molar refractivity (Wildman–Crippen MR) is 149 cm³/mol. The molecule has 1 aliphatic heterocycles. The van der Waals surface area contributed by atoms with Crippen LogP contribution < -0.4 is 10.2 Å². The Labute approximate surface area is 223 Å². The SMILES string of the molecule is CC(=O)NCCN(c1cccc(C(=O)N2CCC(CCc3ccccc3)CC2)c1)c1ncnc2[nH]ccc12. The normalized spacial score (nSPS) is 14.0. The summed E-state index contributed by atoms with van der Waals surface area (Å²) in [6.45, 7) is 4.01. The molecule has 0 unspecified atom stereocenters. The molecule has 2 amide bonds. The summed E-state index contributed by atoms with van der Waals surface area (Å²) in [6.07, 6.45) is 7.68. The lowest BCUT2D eigenvalue weighted by atomic mass is 9.90. The number of aromatic nitrogens is 3. The summed E-state index contributed by atoms with van der Waals surface area (Å²) >= 11 is 0. The third kappa shape index (κ3) is 6.02. The Morgan fingerprint density at radius 3 is 2.66 bits per heavy atom. The minimum atomic E-state index is -0.0875. The number of aryl methyl sites for hydroxylation is 1. The van der Waals surface area contributed by atoms with Gasteiger partial charge in [0.15, 0.2) is 0 Å². The third-order valence-corrected chi connectivity index (χ3v) is 7.29. The molecule has 1 fully saturated rings. The highest BCUT2D eigenvalue weighted by molar-refractivity contribution is 5.96. The molecule has 2 aromatic carbocycles. The lowest BCUT2D eigenvalue weighted by molar-refractivity contribution is -0.118. The van der Waals surface area contributed by atoms with Crippen LogP contribution in [-0.4, -0.2) is 57.8 Å². The number of fused-ring (bicyclic) bond motifs is 1. The van der Waals surface area contributed by atoms with E-state index < -0.39 is 0 Å². The standard InChI is InChI=1S/C30H34N6O2/c1-22(37)31-16-19-36(29-27-12-15-32-28(27)33-21-34-29)26-9-5-8-25(20-26)30(38)35-17-13-24(14-18-35)11-10-23-6-3-2-4-7-23/h2-9,12,15,20-21,24H,10-11,13-14,16-19H2,1H3,(H,31,37)(H,32,33,34). The Balaban J connectivity index is 1.28. The van der Waals surface area contributed by atoms with E-state index in [0.717, 1.165) is 61.3 Å². The van der Waals surface area contributed by atoms with Crippen molar-refractivity contribution in [2.75, 3.05) is 31.1 Å². The minimum Gasteiger partial charge on any atom is -0.355 e. The number of benzene rings is 2. The van der Waals surface area contributed by atoms with Crippen LogP contribution >= 0.6 is 0 Å². The minimum absolute atomic E-state index is 0.0599. The molecule has 0 aliphatic carbocycles. The second-order valence-corrected chi connectivity index (χ2v) is 9.88. The highest BCUT2D eigenvalue weighted by atomic mass is 16.2. The van der Waals surface area contributed by atoms with Crippen LogP contribution in [0.4, 0.5) is 11.5 Å². The molecule has 4 aromatic rings. The monoisotopic (exact) mass is 510 g/mol. The van der Waals surface area contributed by atoms with Gasteiger partial charge in [-0.05, 0) is 61.4 Å². The van der Waals surface area contributed by atoms with Gasteiger partial charge in [0, 0.05) is 50.6 Å². The molecule has 0 saturated carbocycles. The van der Waals surface area contributed by atoms with Crippen LogP contribution in [0.1, 0.15) is 42.1 Å². The van der Waals surface area contributed by atoms with Crippen LogP contribution in [0.25, 0.3) is 11.0 Å². The van der Waals surface area contributed by atoms with Gasteiger partial charge >= 0.3 is 0 Å². The number of hydrogen-bond acceptors (Lipinski definition) is 5. The van der Waals surface area contributed by atoms with Gasteiger partial charge in [-0.3, -0.25) is 9.59 Å². The number of carbonyl (C=O) groups is 2. The van der Waals surface area contributed by atoms with Crippen LogP contribution in [0.15, 0.2) is 73.2 Å². The molecule has 0 spiro atoms. The summed E-state index contributed by atoms with van der Waals surface area (Å²) in [6, 6.07) is 20.3. The highest BCUT2D eigenvalue weighted by Crippen LogP contribution is 2.30. The molecule has 0 bridgehead atoms. The second kappa shape index (κ2) is 11.9. The van der Waals surface area contributed by atoms with E-state index in [9.17, 15) is 9.59 Å². The van der Waals surface area contributed by atoms with E-state index in [2.05, 4.69) is 50.6 Å². The maximum absolute atomic E-state index is 13.5. The third-order valence-electron chi connectivity index (χ3n) is 7.29. The molecular formula is C30H34N6O2. The molecular weight excluding hydrogens is 476 g/mol. The van der Waals surface area contributed by atoms with E-state index in [1.54, 1.807) is 0 Å². The number of amides is 2. The Morgan fingerprint density at radius 2 is 1.87 bits per heavy atom. The summed E-state index contributed by atoms with van der Waals surface area (Å²) in [4.78, 5) is 41.0. The van der Waals surface area contributed by atoms with Crippen molar-refractivity contribution >= 4 is 34.4 Å². The number of rotatable bonds is 9. The van der Waals surface area contributed by atoms with E-state index in [0.29, 0.717) is 24.6 Å². The van der Waals surface area contributed by atoms with Crippen molar-refractivity contribution in [2.24, 2.45) is 5.92 Å². The molecule has 0 atom stereocenters. The number of piperidine rings is 1. The Kier molecular flexibility index (Phi) is 7.97. The van der Waals surface area contributed by atoms with Crippen LogP contribution in [0, 0.1) is 5.92 Å². The number of nitrogens with zero attached hydrogens (tertiary/aromatic N) is 4. The summed E-state index contributed by atoms with van der Waals surface area (Å²) in [5.41, 5.74) is 3.63. The van der Waals surface area contributed by atoms with E-state index in [4.69, 9.17) is 0 Å². The largest absolute Gasteiger partial charge is 0.355 e. The molecule has 2 N–H and O–H groups in total. The van der Waals surface area contributed by atoms with Gasteiger partial charge in [-0.25, -0.2) is 9.97 Å². The Morgan fingerprint density at radius 1 is 1.05 bits per heavy atom. The molecule has 1 saturated heterocycles. The zero-order chi connectivity index (χ0) is 26.3. The molecule has 196 valence electrons. The lowest BCUT2D eigenvalue weighted by Crippen LogP contribution is -2.38. The predicted octanol–water partition coefficient (Wildman–Crippen LogP) is 4.72. The first-order chi connectivity index (χ1) is 18.6. The maximum Gasteiger partial charge on any atom is 0.253 e. The quantitative estimate of drug-likeness (QED) is 0.340. The summed E-state index contributed by atoms with van der Waals surface area (Å²) in [7, 11) is 0. The molecule has 0 radical (unpaired) electrons. The smallest absolute Gasteiger partial charge is 0.253 e. The number of hydrogen-bond donors (Lipinski definition) is 2. The first kappa shape index (κ1) is 25.4. The van der Waals surface area contributed by atoms with E-state index >= 15 is 0 Å². The summed E-state index contributed by atoms with van der Waals surface area (Å²) in [5.74, 6) is 1.35. The number of carbonyl (C=O) groups excluding carboxylic acids is 2. The van der Waals surface area contributed by atoms with Crippen molar-refractivity contribution in [3.8, 4) is 0 Å². The zero-order valence-corrected chi connectivity index (χ0v) is 21.8. The van der Waals surface area contributed by atoms with Gasteiger partial charge < -0.3 is 20.1 Å². The van der Waals surface area contributed by atoms with E-state index in [1.165, 1.54) is 18.8 Å². The average molecular weight is 511 g/mol. The fourth-order valence-electron chi connectivity index (χ4n) is 5.20. The van der Waals surface area contributed by atoms with Gasteiger partial charge in [0.2, 0.25) is 5.91 Å². The van der Waals surface area contributed by atoms with Gasteiger partial charge in [0.05, 0.1) is 5.39 Å². The van der Waals surface area contributed by atoms with Gasteiger partial charge in [0.1, 0.15) is 17.8 Å². The first-order valence-electron chi connectivity index (χ1n) is 13.3. The number of anilines is 2. The summed E-state index contributed by atoms with van der Waals surface area (Å²) < 4.78 is 0. The highest BCUT2D eigenvalue weighted by Gasteiger charge is 2.24. The van der Waals surface area contributed by atoms with E-state index in [1.807, 2.05) is 46.3 Å². The molecule has 5 rings (SSSR count). The maximum atomic E-state index is 13.5. The Bertz CT molecular complexity index is 1380. The Hall–Kier alpha value is -4.20. The molecule has 8 nitrogen and oxygen atoms in total. The van der Waals surface area contributed by atoms with Gasteiger partial charge in [0.25, 0.3) is 5.91 Å². The van der Waals surface area contributed by atoms with Crippen LogP contribution in [-0.2, 0) is 11.2 Å². The fraction of sp³-hybridized carbons (Fsp3) is 0.333. The van der Waals surface area contributed by atoms with Crippen molar-refractivity contribution < 1.29 is 9.59 Å². The van der Waals surface area contributed by atoms with Gasteiger partial charge in [-0.1, -0.05) is 36.4 Å². The number of aromatic amines is 1. The van der Waals surface area contributed by atoms with Gasteiger partial charge in [-0.15, -0.1) is 0 Å². The van der Waals surface area contributed by atoms with Crippen molar-refractivity contribution in [1.29, 1.82) is 0 Å². The number of nitrogens with one attached hydrogen (secondary N) is 2. The van der Waals surface area contributed by atoms with Crippen molar-refractivity contribution in [1.82, 2.24) is 25.2 Å². The number of H-pyrrole nitrogens is 1. The molecule has 1 aliphatic rings. The van der Waals surface area contributed by atoms with Crippen molar-refractivity contribution in [3.05, 3.63) is 84.3 Å². The van der Waals surface area contributed by atoms with Crippen LogP contribution in [0.3, 0.4) is 0 Å². The first-order valence-corrected chi connectivity index (χ1v) is 13.3.